The number of hydrogen-bond acceptors (Lipinski definition) is 4. The van der Waals surface area contributed by atoms with E-state index in [4.69, 9.17) is 4.74 Å². The summed E-state index contributed by atoms with van der Waals surface area (Å²) < 4.78 is 10.7. The largest absolute Gasteiger partial charge is 0.481 e. The zero-order chi connectivity index (χ0) is 15.2. The van der Waals surface area contributed by atoms with Gasteiger partial charge in [-0.1, -0.05) is 18.2 Å². The second-order valence-electron chi connectivity index (χ2n) is 4.14. The summed E-state index contributed by atoms with van der Waals surface area (Å²) in [5.41, 5.74) is 2.01. The van der Waals surface area contributed by atoms with Gasteiger partial charge in [0.1, 0.15) is 0 Å². The Morgan fingerprint density at radius 1 is 1.00 bits per heavy atom. The van der Waals surface area contributed by atoms with Crippen molar-refractivity contribution >= 4 is 33.5 Å². The van der Waals surface area contributed by atoms with Crippen molar-refractivity contribution in [3.8, 4) is 0 Å². The molecule has 0 saturated carbocycles. The molecular formula is C16H14BrNO3. The molecular weight excluding hydrogens is 334 g/mol. The highest BCUT2D eigenvalue weighted by molar-refractivity contribution is 9.10. The number of esters is 1. The van der Waals surface area contributed by atoms with Crippen LogP contribution < -0.4 is 0 Å². The molecule has 0 fully saturated rings. The number of carbonyl (C=O) groups is 1. The van der Waals surface area contributed by atoms with Crippen molar-refractivity contribution in [2.24, 2.45) is 4.99 Å². The first kappa shape index (κ1) is 15.3. The molecule has 2 aromatic rings. The van der Waals surface area contributed by atoms with Crippen LogP contribution in [0, 0.1) is 0 Å². The lowest BCUT2D eigenvalue weighted by atomic mass is 10.2. The van der Waals surface area contributed by atoms with E-state index in [1.165, 1.54) is 7.11 Å². The summed E-state index contributed by atoms with van der Waals surface area (Å²) in [7, 11) is 2.92. The number of halogens is 1. The molecule has 0 bridgehead atoms. The third-order valence-corrected chi connectivity index (χ3v) is 3.44. The molecule has 0 aromatic heterocycles. The molecule has 0 N–H and O–H groups in total. The normalized spacial score (nSPS) is 11.1. The Balaban J connectivity index is 2.37. The molecule has 2 rings (SSSR count). The smallest absolute Gasteiger partial charge is 0.337 e. The Morgan fingerprint density at radius 3 is 2.29 bits per heavy atom. The lowest BCUT2D eigenvalue weighted by molar-refractivity contribution is 0.0600. The van der Waals surface area contributed by atoms with Crippen molar-refractivity contribution in [2.45, 2.75) is 0 Å². The molecule has 0 atom stereocenters. The Morgan fingerprint density at radius 2 is 1.71 bits per heavy atom. The lowest BCUT2D eigenvalue weighted by Gasteiger charge is -2.07. The number of carbonyl (C=O) groups excluding carboxylic acids is 1. The van der Waals surface area contributed by atoms with Gasteiger partial charge in [0.15, 0.2) is 0 Å². The molecule has 0 saturated heterocycles. The van der Waals surface area contributed by atoms with E-state index >= 15 is 0 Å². The average Bonchev–Trinajstić information content (AvgIpc) is 2.53. The molecule has 2 aromatic carbocycles. The zero-order valence-corrected chi connectivity index (χ0v) is 13.3. The fourth-order valence-electron chi connectivity index (χ4n) is 1.76. The van der Waals surface area contributed by atoms with Crippen LogP contribution in [0.4, 0.5) is 5.69 Å². The van der Waals surface area contributed by atoms with E-state index in [1.807, 2.05) is 30.3 Å². The maximum Gasteiger partial charge on any atom is 0.337 e. The van der Waals surface area contributed by atoms with Crippen molar-refractivity contribution in [1.29, 1.82) is 0 Å². The minimum Gasteiger partial charge on any atom is -0.481 e. The van der Waals surface area contributed by atoms with Gasteiger partial charge >= 0.3 is 5.97 Å². The monoisotopic (exact) mass is 347 g/mol. The van der Waals surface area contributed by atoms with E-state index in [0.717, 1.165) is 5.56 Å². The van der Waals surface area contributed by atoms with Crippen molar-refractivity contribution in [2.75, 3.05) is 14.2 Å². The number of ether oxygens (including phenoxy) is 2. The van der Waals surface area contributed by atoms with Gasteiger partial charge in [0.05, 0.1) is 25.5 Å². The van der Waals surface area contributed by atoms with Crippen molar-refractivity contribution in [3.05, 3.63) is 64.1 Å². The van der Waals surface area contributed by atoms with Crippen LogP contribution in [0.1, 0.15) is 15.9 Å². The standard InChI is InChI=1S/C16H14BrNO3/c1-20-15(11-6-4-3-5-7-11)18-14-9-8-12(10-13(14)17)16(19)21-2/h3-10H,1-2H3. The first-order chi connectivity index (χ1) is 10.2. The number of nitrogens with zero attached hydrogens (tertiary/aromatic N) is 1. The Kier molecular flexibility index (Phi) is 5.11. The summed E-state index contributed by atoms with van der Waals surface area (Å²) in [6.45, 7) is 0. The van der Waals surface area contributed by atoms with Crippen LogP contribution in [0.5, 0.6) is 0 Å². The van der Waals surface area contributed by atoms with Crippen LogP contribution in [0.25, 0.3) is 0 Å². The highest BCUT2D eigenvalue weighted by Crippen LogP contribution is 2.27. The molecule has 0 aliphatic carbocycles. The lowest BCUT2D eigenvalue weighted by Crippen LogP contribution is -2.03. The molecule has 0 amide bonds. The van der Waals surface area contributed by atoms with E-state index in [9.17, 15) is 4.79 Å². The highest BCUT2D eigenvalue weighted by atomic mass is 79.9. The Bertz CT molecular complexity index is 668. The van der Waals surface area contributed by atoms with Crippen LogP contribution in [0.2, 0.25) is 0 Å². The molecule has 0 radical (unpaired) electrons. The van der Waals surface area contributed by atoms with Gasteiger partial charge in [-0.15, -0.1) is 0 Å². The van der Waals surface area contributed by atoms with Gasteiger partial charge in [0.2, 0.25) is 5.90 Å². The fourth-order valence-corrected chi connectivity index (χ4v) is 2.23. The summed E-state index contributed by atoms with van der Waals surface area (Å²) in [6, 6.07) is 14.7. The maximum absolute atomic E-state index is 11.5. The van der Waals surface area contributed by atoms with Crippen molar-refractivity contribution in [1.82, 2.24) is 0 Å². The number of rotatable bonds is 3. The van der Waals surface area contributed by atoms with Crippen LogP contribution in [-0.2, 0) is 9.47 Å². The van der Waals surface area contributed by atoms with E-state index in [-0.39, 0.29) is 5.97 Å². The summed E-state index contributed by atoms with van der Waals surface area (Å²) >= 11 is 3.40. The van der Waals surface area contributed by atoms with Crippen LogP contribution in [0.15, 0.2) is 58.0 Å². The summed E-state index contributed by atoms with van der Waals surface area (Å²) in [5, 5.41) is 0. The first-order valence-electron chi connectivity index (χ1n) is 6.21. The van der Waals surface area contributed by atoms with Gasteiger partial charge in [-0.3, -0.25) is 0 Å². The molecule has 0 spiro atoms. The molecule has 108 valence electrons. The number of aliphatic imine (C=N–C) groups is 1. The third kappa shape index (κ3) is 3.70. The fraction of sp³-hybridized carbons (Fsp3) is 0.125. The van der Waals surface area contributed by atoms with Gasteiger partial charge in [-0.05, 0) is 46.3 Å². The summed E-state index contributed by atoms with van der Waals surface area (Å²) in [6.07, 6.45) is 0. The highest BCUT2D eigenvalue weighted by Gasteiger charge is 2.10. The molecule has 0 aliphatic rings. The molecule has 5 heteroatoms. The van der Waals surface area contributed by atoms with Crippen molar-refractivity contribution in [3.63, 3.8) is 0 Å². The quantitative estimate of drug-likeness (QED) is 0.479. The zero-order valence-electron chi connectivity index (χ0n) is 11.7. The van der Waals surface area contributed by atoms with Gasteiger partial charge < -0.3 is 9.47 Å². The third-order valence-electron chi connectivity index (χ3n) is 2.80. The van der Waals surface area contributed by atoms with Crippen LogP contribution in [-0.4, -0.2) is 26.1 Å². The number of hydrogen-bond donors (Lipinski definition) is 0. The van der Waals surface area contributed by atoms with E-state index in [1.54, 1.807) is 25.3 Å². The first-order valence-corrected chi connectivity index (χ1v) is 7.01. The molecule has 0 unspecified atom stereocenters. The SMILES string of the molecule is COC(=O)c1ccc(N=C(OC)c2ccccc2)c(Br)c1. The Hall–Kier alpha value is -2.14. The van der Waals surface area contributed by atoms with E-state index in [0.29, 0.717) is 21.6 Å². The second-order valence-corrected chi connectivity index (χ2v) is 5.00. The predicted molar refractivity (Wildman–Crippen MR) is 85.1 cm³/mol. The molecule has 0 heterocycles. The van der Waals surface area contributed by atoms with Gasteiger partial charge in [0, 0.05) is 10.0 Å². The van der Waals surface area contributed by atoms with E-state index in [2.05, 4.69) is 25.7 Å². The molecule has 21 heavy (non-hydrogen) atoms. The summed E-state index contributed by atoms with van der Waals surface area (Å²) in [4.78, 5) is 15.9. The predicted octanol–water partition coefficient (Wildman–Crippen LogP) is 3.96. The van der Waals surface area contributed by atoms with E-state index < -0.39 is 0 Å². The second kappa shape index (κ2) is 7.04. The van der Waals surface area contributed by atoms with Crippen molar-refractivity contribution < 1.29 is 14.3 Å². The number of benzene rings is 2. The van der Waals surface area contributed by atoms with Gasteiger partial charge in [-0.25, -0.2) is 9.79 Å². The van der Waals surface area contributed by atoms with Crippen LogP contribution >= 0.6 is 15.9 Å². The van der Waals surface area contributed by atoms with Gasteiger partial charge in [0.25, 0.3) is 0 Å². The van der Waals surface area contributed by atoms with Gasteiger partial charge in [-0.2, -0.15) is 0 Å². The maximum atomic E-state index is 11.5. The minimum atomic E-state index is -0.388. The number of methoxy groups -OCH3 is 2. The minimum absolute atomic E-state index is 0.388. The average molecular weight is 348 g/mol. The van der Waals surface area contributed by atoms with Crippen LogP contribution in [0.3, 0.4) is 0 Å². The molecule has 4 nitrogen and oxygen atoms in total. The Labute approximate surface area is 131 Å². The summed E-state index contributed by atoms with van der Waals surface area (Å²) in [5.74, 6) is 0.114. The molecule has 0 aliphatic heterocycles. The topological polar surface area (TPSA) is 47.9 Å².